The van der Waals surface area contributed by atoms with Crippen LogP contribution in [0.1, 0.15) is 15.9 Å². The van der Waals surface area contributed by atoms with Gasteiger partial charge in [0.05, 0.1) is 10.9 Å². The highest BCUT2D eigenvalue weighted by atomic mass is 35.5. The normalized spacial score (nSPS) is 10.6. The van der Waals surface area contributed by atoms with E-state index < -0.39 is 5.97 Å². The molecule has 22 heavy (non-hydrogen) atoms. The Kier molecular flexibility index (Phi) is 3.69. The summed E-state index contributed by atoms with van der Waals surface area (Å²) in [6, 6.07) is 11.6. The van der Waals surface area contributed by atoms with E-state index in [1.54, 1.807) is 12.1 Å². The molecule has 0 fully saturated rings. The van der Waals surface area contributed by atoms with Crippen LogP contribution in [0.5, 0.6) is 5.75 Å². The number of carbonyl (C=O) groups is 1. The maximum Gasteiger partial charge on any atom is 0.343 e. The molecule has 110 valence electrons. The monoisotopic (exact) mass is 314 g/mol. The van der Waals surface area contributed by atoms with Crippen molar-refractivity contribution in [2.24, 2.45) is 0 Å². The zero-order valence-corrected chi connectivity index (χ0v) is 12.4. The number of halogens is 1. The third-order valence-corrected chi connectivity index (χ3v) is 3.46. The summed E-state index contributed by atoms with van der Waals surface area (Å²) >= 11 is 5.71. The summed E-state index contributed by atoms with van der Waals surface area (Å²) < 4.78 is 10.5. The fourth-order valence-corrected chi connectivity index (χ4v) is 2.15. The van der Waals surface area contributed by atoms with Gasteiger partial charge in [-0.25, -0.2) is 4.79 Å². The maximum atomic E-state index is 12.0. The lowest BCUT2D eigenvalue weighted by Gasteiger charge is -2.05. The Morgan fingerprint density at radius 3 is 2.59 bits per heavy atom. The Morgan fingerprint density at radius 2 is 1.86 bits per heavy atom. The minimum absolute atomic E-state index is 0.0110. The molecule has 2 aromatic carbocycles. The molecule has 0 atom stereocenters. The smallest absolute Gasteiger partial charge is 0.343 e. The molecule has 0 bridgehead atoms. The summed E-state index contributed by atoms with van der Waals surface area (Å²) in [4.78, 5) is 23.9. The molecule has 5 heteroatoms. The summed E-state index contributed by atoms with van der Waals surface area (Å²) in [5, 5.41) is 0.347. The van der Waals surface area contributed by atoms with Crippen LogP contribution in [0.25, 0.3) is 11.0 Å². The van der Waals surface area contributed by atoms with Gasteiger partial charge in [-0.2, -0.15) is 0 Å². The van der Waals surface area contributed by atoms with Gasteiger partial charge in [0.15, 0.2) is 0 Å². The van der Waals surface area contributed by atoms with Crippen molar-refractivity contribution < 1.29 is 13.9 Å². The van der Waals surface area contributed by atoms with Crippen LogP contribution >= 0.6 is 11.6 Å². The van der Waals surface area contributed by atoms with E-state index in [1.165, 1.54) is 18.2 Å². The van der Waals surface area contributed by atoms with Crippen LogP contribution in [-0.4, -0.2) is 5.97 Å². The van der Waals surface area contributed by atoms with Crippen LogP contribution in [0.15, 0.2) is 57.9 Å². The number of esters is 1. The van der Waals surface area contributed by atoms with Crippen molar-refractivity contribution >= 4 is 28.5 Å². The summed E-state index contributed by atoms with van der Waals surface area (Å²) in [7, 11) is 0. The molecule has 1 heterocycles. The van der Waals surface area contributed by atoms with E-state index in [1.807, 2.05) is 19.1 Å². The molecule has 4 nitrogen and oxygen atoms in total. The maximum absolute atomic E-state index is 12.0. The van der Waals surface area contributed by atoms with Gasteiger partial charge >= 0.3 is 5.97 Å². The molecule has 0 saturated heterocycles. The second-order valence-electron chi connectivity index (χ2n) is 4.83. The molecule has 1 aromatic heterocycles. The largest absolute Gasteiger partial charge is 0.462 e. The van der Waals surface area contributed by atoms with E-state index in [4.69, 9.17) is 20.8 Å². The Hall–Kier alpha value is -2.59. The molecule has 0 aliphatic carbocycles. The van der Waals surface area contributed by atoms with Crippen molar-refractivity contribution in [2.45, 2.75) is 6.92 Å². The van der Waals surface area contributed by atoms with Crippen LogP contribution in [0.2, 0.25) is 5.02 Å². The molecule has 3 aromatic rings. The predicted octanol–water partition coefficient (Wildman–Crippen LogP) is 3.97. The first kappa shape index (κ1) is 14.4. The average molecular weight is 315 g/mol. The standard InChI is InChI=1S/C17H11ClO4/c1-10-2-4-11(5-3-10)17(20)22-12-6-7-13-15(8-12)21-9-14(18)16(13)19/h2-9H,1H3. The minimum Gasteiger partial charge on any atom is -0.462 e. The van der Waals surface area contributed by atoms with Crippen molar-refractivity contribution in [1.29, 1.82) is 0 Å². The van der Waals surface area contributed by atoms with Crippen molar-refractivity contribution in [3.8, 4) is 5.75 Å². The molecule has 0 amide bonds. The number of aryl methyl sites for hydroxylation is 1. The van der Waals surface area contributed by atoms with Gasteiger partial charge in [-0.05, 0) is 31.2 Å². The highest BCUT2D eigenvalue weighted by molar-refractivity contribution is 6.30. The zero-order valence-electron chi connectivity index (χ0n) is 11.6. The molecule has 0 N–H and O–H groups in total. The SMILES string of the molecule is Cc1ccc(C(=O)Oc2ccc3c(=O)c(Cl)coc3c2)cc1. The van der Waals surface area contributed by atoms with E-state index in [-0.39, 0.29) is 10.5 Å². The van der Waals surface area contributed by atoms with E-state index in [0.717, 1.165) is 11.8 Å². The Morgan fingerprint density at radius 1 is 1.14 bits per heavy atom. The van der Waals surface area contributed by atoms with E-state index in [9.17, 15) is 9.59 Å². The fourth-order valence-electron chi connectivity index (χ4n) is 2.00. The number of ether oxygens (including phenoxy) is 1. The van der Waals surface area contributed by atoms with Gasteiger partial charge in [0.25, 0.3) is 0 Å². The summed E-state index contributed by atoms with van der Waals surface area (Å²) in [5.41, 5.74) is 1.49. The molecule has 0 aliphatic rings. The third-order valence-electron chi connectivity index (χ3n) is 3.20. The molecular formula is C17H11ClO4. The van der Waals surface area contributed by atoms with E-state index in [2.05, 4.69) is 0 Å². The topological polar surface area (TPSA) is 56.5 Å². The molecule has 3 rings (SSSR count). The number of fused-ring (bicyclic) bond motifs is 1. The summed E-state index contributed by atoms with van der Waals surface area (Å²) in [6.07, 6.45) is 1.16. The van der Waals surface area contributed by atoms with Crippen molar-refractivity contribution in [2.75, 3.05) is 0 Å². The quantitative estimate of drug-likeness (QED) is 0.530. The lowest BCUT2D eigenvalue weighted by Crippen LogP contribution is -2.08. The molecule has 0 unspecified atom stereocenters. The van der Waals surface area contributed by atoms with Crippen LogP contribution < -0.4 is 10.2 Å². The van der Waals surface area contributed by atoms with Gasteiger partial charge < -0.3 is 9.15 Å². The van der Waals surface area contributed by atoms with Crippen molar-refractivity contribution in [3.63, 3.8) is 0 Å². The number of benzene rings is 2. The number of hydrogen-bond donors (Lipinski definition) is 0. The van der Waals surface area contributed by atoms with Crippen LogP contribution in [0.4, 0.5) is 0 Å². The second-order valence-corrected chi connectivity index (χ2v) is 5.23. The summed E-state index contributed by atoms with van der Waals surface area (Å²) in [6.45, 7) is 1.94. The van der Waals surface area contributed by atoms with Gasteiger partial charge in [-0.3, -0.25) is 4.79 Å². The third kappa shape index (κ3) is 2.73. The van der Waals surface area contributed by atoms with Crippen LogP contribution in [0.3, 0.4) is 0 Å². The highest BCUT2D eigenvalue weighted by Crippen LogP contribution is 2.21. The Balaban J connectivity index is 1.91. The second kappa shape index (κ2) is 5.66. The lowest BCUT2D eigenvalue weighted by atomic mass is 10.1. The zero-order chi connectivity index (χ0) is 15.7. The molecule has 0 aliphatic heterocycles. The molecule has 0 spiro atoms. The van der Waals surface area contributed by atoms with Gasteiger partial charge in [-0.1, -0.05) is 29.3 Å². The highest BCUT2D eigenvalue weighted by Gasteiger charge is 2.11. The van der Waals surface area contributed by atoms with Gasteiger partial charge in [-0.15, -0.1) is 0 Å². The molecule has 0 radical (unpaired) electrons. The Labute approximate surface area is 130 Å². The van der Waals surface area contributed by atoms with Gasteiger partial charge in [0, 0.05) is 6.07 Å². The van der Waals surface area contributed by atoms with Gasteiger partial charge in [0.1, 0.15) is 22.6 Å². The summed E-state index contributed by atoms with van der Waals surface area (Å²) in [5.74, 6) is -0.181. The number of carbonyl (C=O) groups excluding carboxylic acids is 1. The predicted molar refractivity (Wildman–Crippen MR) is 83.6 cm³/mol. The first-order valence-corrected chi connectivity index (χ1v) is 6.92. The molecule has 0 saturated carbocycles. The lowest BCUT2D eigenvalue weighted by molar-refractivity contribution is 0.0735. The number of rotatable bonds is 2. The number of hydrogen-bond acceptors (Lipinski definition) is 4. The minimum atomic E-state index is -0.476. The first-order valence-electron chi connectivity index (χ1n) is 6.54. The van der Waals surface area contributed by atoms with Gasteiger partial charge in [0.2, 0.25) is 5.43 Å². The van der Waals surface area contributed by atoms with Crippen molar-refractivity contribution in [1.82, 2.24) is 0 Å². The van der Waals surface area contributed by atoms with Crippen LogP contribution in [-0.2, 0) is 0 Å². The van der Waals surface area contributed by atoms with Crippen molar-refractivity contribution in [3.05, 3.63) is 75.1 Å². The fraction of sp³-hybridized carbons (Fsp3) is 0.0588. The van der Waals surface area contributed by atoms with E-state index in [0.29, 0.717) is 22.3 Å². The average Bonchev–Trinajstić information content (AvgIpc) is 2.51. The van der Waals surface area contributed by atoms with E-state index >= 15 is 0 Å². The Bertz CT molecular complexity index is 910. The molecular weight excluding hydrogens is 304 g/mol. The first-order chi connectivity index (χ1) is 10.5. The van der Waals surface area contributed by atoms with Crippen LogP contribution in [0, 0.1) is 6.92 Å².